The summed E-state index contributed by atoms with van der Waals surface area (Å²) in [5.41, 5.74) is 5.02. The fourth-order valence-corrected chi connectivity index (χ4v) is 4.42. The molecular formula is C28H32N4O4. The Hall–Kier alpha value is -3.94. The standard InChI is InChI=1S/C28H32N4O4/c1-32(28(35)36-19-20-10-3-2-4-11-20)17-8-7-16-25(33)29-22-13-9-12-21(18-22)26-23-14-5-6-15-24(23)27(34)31-30-26/h2-4,9-13,18H,5-8,14-17,19H2,1H3,(H,29,33)(H,31,34). The van der Waals surface area contributed by atoms with Gasteiger partial charge in [0.25, 0.3) is 5.56 Å². The van der Waals surface area contributed by atoms with Crippen LogP contribution in [0.1, 0.15) is 48.8 Å². The van der Waals surface area contributed by atoms with Crippen molar-refractivity contribution in [2.24, 2.45) is 0 Å². The van der Waals surface area contributed by atoms with Crippen LogP contribution in [0.4, 0.5) is 10.5 Å². The molecule has 0 atom stereocenters. The lowest BCUT2D eigenvalue weighted by Gasteiger charge is -2.18. The van der Waals surface area contributed by atoms with Gasteiger partial charge in [0.2, 0.25) is 5.91 Å². The van der Waals surface area contributed by atoms with Gasteiger partial charge >= 0.3 is 6.09 Å². The van der Waals surface area contributed by atoms with Gasteiger partial charge in [-0.25, -0.2) is 9.89 Å². The van der Waals surface area contributed by atoms with E-state index in [1.165, 1.54) is 4.90 Å². The number of aromatic nitrogens is 2. The van der Waals surface area contributed by atoms with Gasteiger partial charge in [-0.2, -0.15) is 5.10 Å². The number of hydrogen-bond acceptors (Lipinski definition) is 5. The topological polar surface area (TPSA) is 104 Å². The zero-order valence-corrected chi connectivity index (χ0v) is 20.6. The molecule has 1 aliphatic carbocycles. The number of anilines is 1. The van der Waals surface area contributed by atoms with E-state index < -0.39 is 0 Å². The Morgan fingerprint density at radius 2 is 1.81 bits per heavy atom. The summed E-state index contributed by atoms with van der Waals surface area (Å²) in [5.74, 6) is -0.0853. The highest BCUT2D eigenvalue weighted by molar-refractivity contribution is 5.91. The lowest BCUT2D eigenvalue weighted by Crippen LogP contribution is -2.28. The highest BCUT2D eigenvalue weighted by atomic mass is 16.6. The van der Waals surface area contributed by atoms with Crippen molar-refractivity contribution < 1.29 is 14.3 Å². The van der Waals surface area contributed by atoms with E-state index in [2.05, 4.69) is 15.5 Å². The van der Waals surface area contributed by atoms with Gasteiger partial charge in [-0.15, -0.1) is 0 Å². The van der Waals surface area contributed by atoms with Crippen LogP contribution >= 0.6 is 0 Å². The first-order chi connectivity index (χ1) is 17.5. The molecule has 0 fully saturated rings. The molecule has 0 saturated heterocycles. The number of hydrogen-bond donors (Lipinski definition) is 2. The molecule has 1 aromatic heterocycles. The molecule has 0 radical (unpaired) electrons. The third-order valence-corrected chi connectivity index (χ3v) is 6.38. The summed E-state index contributed by atoms with van der Waals surface area (Å²) in [6.45, 7) is 0.752. The molecule has 2 amide bonds. The van der Waals surface area contributed by atoms with Gasteiger partial charge in [0.1, 0.15) is 6.61 Å². The number of rotatable bonds is 9. The van der Waals surface area contributed by atoms with E-state index in [0.717, 1.165) is 53.6 Å². The minimum Gasteiger partial charge on any atom is -0.445 e. The number of unbranched alkanes of at least 4 members (excludes halogenated alkanes) is 1. The van der Waals surface area contributed by atoms with Crippen molar-refractivity contribution in [3.63, 3.8) is 0 Å². The highest BCUT2D eigenvalue weighted by Crippen LogP contribution is 2.29. The Morgan fingerprint density at radius 3 is 2.61 bits per heavy atom. The Bertz CT molecular complexity index is 1260. The van der Waals surface area contributed by atoms with E-state index in [0.29, 0.717) is 31.5 Å². The number of fused-ring (bicyclic) bond motifs is 1. The SMILES string of the molecule is CN(CCCCC(=O)Nc1cccc(-c2n[nH]c(=O)c3c2CCCC3)c1)C(=O)OCc1ccccc1. The van der Waals surface area contributed by atoms with E-state index in [-0.39, 0.29) is 24.2 Å². The second kappa shape index (κ2) is 12.2. The maximum atomic E-state index is 12.5. The fraction of sp³-hybridized carbons (Fsp3) is 0.357. The predicted octanol–water partition coefficient (Wildman–Crippen LogP) is 4.69. The molecule has 1 aliphatic rings. The first-order valence-electron chi connectivity index (χ1n) is 12.4. The number of nitrogens with zero attached hydrogens (tertiary/aromatic N) is 2. The van der Waals surface area contributed by atoms with Crippen LogP contribution in [0.5, 0.6) is 0 Å². The fourth-order valence-electron chi connectivity index (χ4n) is 4.42. The summed E-state index contributed by atoms with van der Waals surface area (Å²) in [4.78, 5) is 38.3. The highest BCUT2D eigenvalue weighted by Gasteiger charge is 2.19. The molecule has 188 valence electrons. The van der Waals surface area contributed by atoms with E-state index in [9.17, 15) is 14.4 Å². The summed E-state index contributed by atoms with van der Waals surface area (Å²) in [6.07, 6.45) is 4.99. The van der Waals surface area contributed by atoms with Crippen LogP contribution in [0.3, 0.4) is 0 Å². The monoisotopic (exact) mass is 488 g/mol. The third kappa shape index (κ3) is 6.59. The smallest absolute Gasteiger partial charge is 0.409 e. The van der Waals surface area contributed by atoms with Gasteiger partial charge in [0.05, 0.1) is 5.69 Å². The zero-order valence-electron chi connectivity index (χ0n) is 20.6. The number of aromatic amines is 1. The maximum absolute atomic E-state index is 12.5. The van der Waals surface area contributed by atoms with Crippen molar-refractivity contribution in [3.8, 4) is 11.3 Å². The molecule has 0 aliphatic heterocycles. The molecule has 3 aromatic rings. The average molecular weight is 489 g/mol. The number of carbonyl (C=O) groups excluding carboxylic acids is 2. The van der Waals surface area contributed by atoms with Crippen molar-refractivity contribution >= 4 is 17.7 Å². The number of amides is 2. The summed E-state index contributed by atoms with van der Waals surface area (Å²) in [7, 11) is 1.70. The van der Waals surface area contributed by atoms with Gasteiger partial charge in [0.15, 0.2) is 0 Å². The van der Waals surface area contributed by atoms with Crippen LogP contribution in [0.15, 0.2) is 59.4 Å². The van der Waals surface area contributed by atoms with Gasteiger partial charge in [-0.1, -0.05) is 42.5 Å². The molecule has 1 heterocycles. The molecule has 2 aromatic carbocycles. The molecule has 0 spiro atoms. The van der Waals surface area contributed by atoms with Crippen molar-refractivity contribution in [2.75, 3.05) is 18.9 Å². The molecule has 8 heteroatoms. The second-order valence-corrected chi connectivity index (χ2v) is 9.11. The second-order valence-electron chi connectivity index (χ2n) is 9.11. The lowest BCUT2D eigenvalue weighted by atomic mass is 9.90. The first-order valence-corrected chi connectivity index (χ1v) is 12.4. The lowest BCUT2D eigenvalue weighted by molar-refractivity contribution is -0.116. The predicted molar refractivity (Wildman–Crippen MR) is 139 cm³/mol. The molecule has 2 N–H and O–H groups in total. The molecule has 4 rings (SSSR count). The van der Waals surface area contributed by atoms with Crippen molar-refractivity contribution in [3.05, 3.63) is 81.6 Å². The number of carbonyl (C=O) groups is 2. The van der Waals surface area contributed by atoms with Gasteiger partial charge < -0.3 is 15.0 Å². The molecule has 0 bridgehead atoms. The van der Waals surface area contributed by atoms with Gasteiger partial charge in [0, 0.05) is 36.8 Å². The van der Waals surface area contributed by atoms with Gasteiger partial charge in [-0.05, 0) is 61.8 Å². The Morgan fingerprint density at radius 1 is 1.03 bits per heavy atom. The summed E-state index contributed by atoms with van der Waals surface area (Å²) in [5, 5.41) is 9.88. The number of ether oxygens (including phenoxy) is 1. The Labute approximate surface area is 210 Å². The maximum Gasteiger partial charge on any atom is 0.409 e. The van der Waals surface area contributed by atoms with Crippen LogP contribution in [0, 0.1) is 0 Å². The van der Waals surface area contributed by atoms with Crippen LogP contribution < -0.4 is 10.9 Å². The summed E-state index contributed by atoms with van der Waals surface area (Å²) in [6, 6.07) is 17.1. The minimum atomic E-state index is -0.377. The largest absolute Gasteiger partial charge is 0.445 e. The first kappa shape index (κ1) is 25.2. The van der Waals surface area contributed by atoms with E-state index in [1.807, 2.05) is 54.6 Å². The number of H-pyrrole nitrogens is 1. The third-order valence-electron chi connectivity index (χ3n) is 6.38. The number of nitrogens with one attached hydrogen (secondary N) is 2. The summed E-state index contributed by atoms with van der Waals surface area (Å²) >= 11 is 0. The quantitative estimate of drug-likeness (QED) is 0.425. The van der Waals surface area contributed by atoms with Crippen LogP contribution in [0.25, 0.3) is 11.3 Å². The number of benzene rings is 2. The normalized spacial score (nSPS) is 12.5. The minimum absolute atomic E-state index is 0.0853. The van der Waals surface area contributed by atoms with Gasteiger partial charge in [-0.3, -0.25) is 9.59 Å². The van der Waals surface area contributed by atoms with Crippen LogP contribution in [-0.4, -0.2) is 40.7 Å². The Balaban J connectivity index is 1.24. The Kier molecular flexibility index (Phi) is 8.49. The van der Waals surface area contributed by atoms with Crippen LogP contribution in [-0.2, 0) is 29.0 Å². The van der Waals surface area contributed by atoms with Crippen molar-refractivity contribution in [1.82, 2.24) is 15.1 Å². The summed E-state index contributed by atoms with van der Waals surface area (Å²) < 4.78 is 5.32. The van der Waals surface area contributed by atoms with E-state index in [4.69, 9.17) is 4.74 Å². The van der Waals surface area contributed by atoms with E-state index >= 15 is 0 Å². The molecule has 0 saturated carbocycles. The van der Waals surface area contributed by atoms with Crippen molar-refractivity contribution in [1.29, 1.82) is 0 Å². The molecule has 8 nitrogen and oxygen atoms in total. The zero-order chi connectivity index (χ0) is 25.3. The molecular weight excluding hydrogens is 456 g/mol. The van der Waals surface area contributed by atoms with E-state index in [1.54, 1.807) is 7.05 Å². The molecule has 36 heavy (non-hydrogen) atoms. The molecule has 0 unspecified atom stereocenters. The average Bonchev–Trinajstić information content (AvgIpc) is 2.90. The van der Waals surface area contributed by atoms with Crippen LogP contribution in [0.2, 0.25) is 0 Å². The van der Waals surface area contributed by atoms with Crippen molar-refractivity contribution in [2.45, 2.75) is 51.6 Å².